The molecule has 170 valence electrons. The van der Waals surface area contributed by atoms with Crippen molar-refractivity contribution in [2.24, 2.45) is 5.10 Å². The van der Waals surface area contributed by atoms with Crippen molar-refractivity contribution >= 4 is 22.5 Å². The SMILES string of the molecule is COCC(=O)N1N=C(c2c(C)nc3ccccc3c2-c2ccccc2)C[C@@H]1c1ccc(C)cc1. The van der Waals surface area contributed by atoms with E-state index >= 15 is 0 Å². The zero-order chi connectivity index (χ0) is 23.7. The highest BCUT2D eigenvalue weighted by molar-refractivity contribution is 6.14. The van der Waals surface area contributed by atoms with Gasteiger partial charge >= 0.3 is 0 Å². The Morgan fingerprint density at radius 3 is 2.38 bits per heavy atom. The third-order valence-electron chi connectivity index (χ3n) is 6.32. The molecular weight excluding hydrogens is 422 g/mol. The molecule has 0 radical (unpaired) electrons. The average molecular weight is 450 g/mol. The maximum absolute atomic E-state index is 13.0. The van der Waals surface area contributed by atoms with E-state index in [0.29, 0.717) is 6.42 Å². The lowest BCUT2D eigenvalue weighted by Crippen LogP contribution is -2.30. The van der Waals surface area contributed by atoms with E-state index < -0.39 is 0 Å². The quantitative estimate of drug-likeness (QED) is 0.384. The molecule has 0 fully saturated rings. The van der Waals surface area contributed by atoms with Crippen LogP contribution >= 0.6 is 0 Å². The minimum Gasteiger partial charge on any atom is -0.375 e. The summed E-state index contributed by atoms with van der Waals surface area (Å²) in [5, 5.41) is 7.56. The predicted molar refractivity (Wildman–Crippen MR) is 136 cm³/mol. The molecule has 4 aromatic rings. The van der Waals surface area contributed by atoms with Crippen LogP contribution in [0.25, 0.3) is 22.0 Å². The molecule has 0 aliphatic carbocycles. The number of methoxy groups -OCH3 is 1. The number of amides is 1. The van der Waals surface area contributed by atoms with E-state index in [2.05, 4.69) is 49.4 Å². The Bertz CT molecular complexity index is 1380. The molecule has 0 unspecified atom stereocenters. The maximum Gasteiger partial charge on any atom is 0.269 e. The fourth-order valence-electron chi connectivity index (χ4n) is 4.72. The second-order valence-corrected chi connectivity index (χ2v) is 8.68. The van der Waals surface area contributed by atoms with E-state index in [1.807, 2.05) is 43.3 Å². The van der Waals surface area contributed by atoms with Crippen molar-refractivity contribution in [3.63, 3.8) is 0 Å². The van der Waals surface area contributed by atoms with Gasteiger partial charge in [0.2, 0.25) is 0 Å². The number of pyridine rings is 1. The lowest BCUT2D eigenvalue weighted by Gasteiger charge is -2.21. The van der Waals surface area contributed by atoms with Crippen molar-refractivity contribution in [3.8, 4) is 11.1 Å². The molecular formula is C29H27N3O2. The van der Waals surface area contributed by atoms with Crippen LogP contribution in [0.1, 0.15) is 34.8 Å². The first-order chi connectivity index (χ1) is 16.6. The normalized spacial score (nSPS) is 15.6. The van der Waals surface area contributed by atoms with E-state index in [1.165, 1.54) is 12.7 Å². The summed E-state index contributed by atoms with van der Waals surface area (Å²) in [4.78, 5) is 17.9. The van der Waals surface area contributed by atoms with Gasteiger partial charge in [0.1, 0.15) is 6.61 Å². The number of aryl methyl sites for hydroxylation is 2. The van der Waals surface area contributed by atoms with Crippen LogP contribution in [0.15, 0.2) is 84.0 Å². The standard InChI is InChI=1S/C29H27N3O2/c1-19-13-15-21(16-14-19)26-17-25(31-32(26)27(33)18-34-3)28-20(2)30-24-12-8-7-11-23(24)29(28)22-9-5-4-6-10-22/h4-16,26H,17-18H2,1-3H3/t26-/m1/s1. The second kappa shape index (κ2) is 9.20. The van der Waals surface area contributed by atoms with E-state index in [0.717, 1.165) is 44.6 Å². The Balaban J connectivity index is 1.70. The average Bonchev–Trinajstić information content (AvgIpc) is 3.29. The van der Waals surface area contributed by atoms with Crippen molar-refractivity contribution in [1.82, 2.24) is 9.99 Å². The summed E-state index contributed by atoms with van der Waals surface area (Å²) in [7, 11) is 1.53. The third-order valence-corrected chi connectivity index (χ3v) is 6.32. The summed E-state index contributed by atoms with van der Waals surface area (Å²) in [6.45, 7) is 4.07. The highest BCUT2D eigenvalue weighted by atomic mass is 16.5. The molecule has 5 nitrogen and oxygen atoms in total. The van der Waals surface area contributed by atoms with Gasteiger partial charge in [-0.2, -0.15) is 5.10 Å². The summed E-state index contributed by atoms with van der Waals surface area (Å²) in [6, 6.07) is 26.7. The number of fused-ring (bicyclic) bond motifs is 1. The van der Waals surface area contributed by atoms with E-state index in [9.17, 15) is 4.79 Å². The van der Waals surface area contributed by atoms with Crippen molar-refractivity contribution in [1.29, 1.82) is 0 Å². The zero-order valence-electron chi connectivity index (χ0n) is 19.7. The van der Waals surface area contributed by atoms with Gasteiger partial charge in [-0.05, 0) is 31.0 Å². The first-order valence-corrected chi connectivity index (χ1v) is 11.5. The number of hydrogen-bond acceptors (Lipinski definition) is 4. The zero-order valence-corrected chi connectivity index (χ0v) is 19.7. The highest BCUT2D eigenvalue weighted by Gasteiger charge is 2.35. The Kier molecular flexibility index (Phi) is 5.95. The first-order valence-electron chi connectivity index (χ1n) is 11.5. The van der Waals surface area contributed by atoms with Gasteiger partial charge < -0.3 is 4.74 Å². The summed E-state index contributed by atoms with van der Waals surface area (Å²) < 4.78 is 5.16. The van der Waals surface area contributed by atoms with Gasteiger partial charge in [0.05, 0.1) is 17.3 Å². The molecule has 0 saturated carbocycles. The van der Waals surface area contributed by atoms with Gasteiger partial charge in [0.25, 0.3) is 5.91 Å². The van der Waals surface area contributed by atoms with E-state index in [-0.39, 0.29) is 18.6 Å². The van der Waals surface area contributed by atoms with E-state index in [4.69, 9.17) is 14.8 Å². The molecule has 1 amide bonds. The third kappa shape index (κ3) is 3.99. The van der Waals surface area contributed by atoms with Crippen LogP contribution in [0.3, 0.4) is 0 Å². The van der Waals surface area contributed by atoms with Gasteiger partial charge in [-0.3, -0.25) is 9.78 Å². The molecule has 3 aromatic carbocycles. The molecule has 1 aromatic heterocycles. The van der Waals surface area contributed by atoms with Crippen LogP contribution in [0, 0.1) is 13.8 Å². The number of nitrogens with zero attached hydrogens (tertiary/aromatic N) is 3. The number of benzene rings is 3. The van der Waals surface area contributed by atoms with E-state index in [1.54, 1.807) is 5.01 Å². The fraction of sp³-hybridized carbons (Fsp3) is 0.207. The molecule has 5 heteroatoms. The number of rotatable bonds is 5. The van der Waals surface area contributed by atoms with Crippen LogP contribution in [0.5, 0.6) is 0 Å². The molecule has 0 bridgehead atoms. The number of aromatic nitrogens is 1. The van der Waals surface area contributed by atoms with Gasteiger partial charge in [0, 0.05) is 35.7 Å². The topological polar surface area (TPSA) is 54.8 Å². The molecule has 0 spiro atoms. The second-order valence-electron chi connectivity index (χ2n) is 8.68. The number of hydrazone groups is 1. The monoisotopic (exact) mass is 449 g/mol. The molecule has 34 heavy (non-hydrogen) atoms. The van der Waals surface area contributed by atoms with Crippen LogP contribution in [-0.4, -0.2) is 35.3 Å². The number of carbonyl (C=O) groups excluding carboxylic acids is 1. The van der Waals surface area contributed by atoms with Crippen LogP contribution in [0.2, 0.25) is 0 Å². The van der Waals surface area contributed by atoms with Crippen LogP contribution < -0.4 is 0 Å². The minimum absolute atomic E-state index is 0.0142. The molecule has 2 heterocycles. The molecule has 0 N–H and O–H groups in total. The van der Waals surface area contributed by atoms with Gasteiger partial charge in [-0.25, -0.2) is 5.01 Å². The van der Waals surface area contributed by atoms with Gasteiger partial charge in [-0.1, -0.05) is 78.4 Å². The molecule has 5 rings (SSSR count). The van der Waals surface area contributed by atoms with Gasteiger partial charge in [-0.15, -0.1) is 0 Å². The Morgan fingerprint density at radius 2 is 1.65 bits per heavy atom. The molecule has 1 aliphatic heterocycles. The first kappa shape index (κ1) is 22.0. The Labute approximate surface area is 199 Å². The Morgan fingerprint density at radius 1 is 0.941 bits per heavy atom. The van der Waals surface area contributed by atoms with Crippen molar-refractivity contribution in [2.75, 3.05) is 13.7 Å². The summed E-state index contributed by atoms with van der Waals surface area (Å²) in [5.41, 5.74) is 8.16. The summed E-state index contributed by atoms with van der Waals surface area (Å²) in [5.74, 6) is -0.157. The molecule has 1 atom stereocenters. The highest BCUT2D eigenvalue weighted by Crippen LogP contribution is 2.39. The minimum atomic E-state index is -0.187. The smallest absolute Gasteiger partial charge is 0.269 e. The van der Waals surface area contributed by atoms with Crippen molar-refractivity contribution < 1.29 is 9.53 Å². The lowest BCUT2D eigenvalue weighted by atomic mass is 9.89. The predicted octanol–water partition coefficient (Wildman–Crippen LogP) is 5.84. The van der Waals surface area contributed by atoms with Crippen molar-refractivity contribution in [3.05, 3.63) is 101 Å². The van der Waals surface area contributed by atoms with Gasteiger partial charge in [0.15, 0.2) is 0 Å². The summed E-state index contributed by atoms with van der Waals surface area (Å²) >= 11 is 0. The molecule has 0 saturated heterocycles. The maximum atomic E-state index is 13.0. The fourth-order valence-corrected chi connectivity index (χ4v) is 4.72. The number of hydrogen-bond donors (Lipinski definition) is 0. The number of ether oxygens (including phenoxy) is 1. The van der Waals surface area contributed by atoms with Crippen LogP contribution in [-0.2, 0) is 9.53 Å². The lowest BCUT2D eigenvalue weighted by molar-refractivity contribution is -0.137. The Hall–Kier alpha value is -3.83. The summed E-state index contributed by atoms with van der Waals surface area (Å²) in [6.07, 6.45) is 0.610. The number of para-hydroxylation sites is 1. The van der Waals surface area contributed by atoms with Crippen LogP contribution in [0.4, 0.5) is 0 Å². The molecule has 1 aliphatic rings. The largest absolute Gasteiger partial charge is 0.375 e. The number of carbonyl (C=O) groups is 1. The van der Waals surface area contributed by atoms with Crippen molar-refractivity contribution in [2.45, 2.75) is 26.3 Å².